The molecule has 1 N–H and O–H groups in total. The van der Waals surface area contributed by atoms with Crippen molar-refractivity contribution in [2.75, 3.05) is 18.7 Å². The van der Waals surface area contributed by atoms with Gasteiger partial charge in [-0.05, 0) is 36.1 Å². The normalized spacial score (nSPS) is 15.1. The Morgan fingerprint density at radius 2 is 1.89 bits per heavy atom. The Kier molecular flexibility index (Phi) is 7.72. The third-order valence-corrected chi connectivity index (χ3v) is 8.00. The lowest BCUT2D eigenvalue weighted by atomic mass is 9.87. The van der Waals surface area contributed by atoms with Gasteiger partial charge in [0.25, 0.3) is 0 Å². The highest BCUT2D eigenvalue weighted by atomic mass is 35.5. The molecule has 9 heteroatoms. The molecule has 4 rings (SSSR count). The number of hydrogen-bond donors (Lipinski definition) is 1. The molecule has 1 aliphatic carbocycles. The quantitative estimate of drug-likeness (QED) is 0.426. The van der Waals surface area contributed by atoms with Crippen LogP contribution in [0.5, 0.6) is 5.75 Å². The zero-order chi connectivity index (χ0) is 25.0. The number of carbonyl (C=O) groups is 1. The van der Waals surface area contributed by atoms with Crippen molar-refractivity contribution < 1.29 is 17.9 Å². The fraction of sp³-hybridized carbons (Fsp3) is 0.346. The summed E-state index contributed by atoms with van der Waals surface area (Å²) in [4.78, 5) is 22.3. The highest BCUT2D eigenvalue weighted by molar-refractivity contribution is 7.90. The van der Waals surface area contributed by atoms with Crippen molar-refractivity contribution in [2.24, 2.45) is 5.92 Å². The van der Waals surface area contributed by atoms with Gasteiger partial charge in [-0.2, -0.15) is 0 Å². The maximum atomic E-state index is 13.5. The van der Waals surface area contributed by atoms with Crippen LogP contribution in [0, 0.1) is 5.92 Å². The van der Waals surface area contributed by atoms with Gasteiger partial charge in [-0.1, -0.05) is 61.5 Å². The fourth-order valence-electron chi connectivity index (χ4n) is 4.68. The van der Waals surface area contributed by atoms with Crippen LogP contribution in [0.25, 0.3) is 11.3 Å². The first-order valence-corrected chi connectivity index (χ1v) is 13.8. The standard InChI is InChI=1S/C26H28ClN3O4S/c1-34-19-10-5-9-18(14-19)23-15-29-24(16-28-23)30-26(31)21(13-17-7-3-4-8-17)20-11-6-12-22(27)25(20)35(2,32)33/h5-6,9-12,14-17,21H,3-4,7-8,13H2,1-2H3,(H,29,30,31)/t21-/m1/s1. The van der Waals surface area contributed by atoms with Crippen LogP contribution in [0.3, 0.4) is 0 Å². The summed E-state index contributed by atoms with van der Waals surface area (Å²) in [6.07, 6.45) is 9.01. The van der Waals surface area contributed by atoms with Crippen molar-refractivity contribution >= 4 is 33.2 Å². The monoisotopic (exact) mass is 513 g/mol. The first-order valence-electron chi connectivity index (χ1n) is 11.5. The second-order valence-electron chi connectivity index (χ2n) is 8.88. The van der Waals surface area contributed by atoms with Gasteiger partial charge in [-0.15, -0.1) is 0 Å². The van der Waals surface area contributed by atoms with Crippen molar-refractivity contribution in [1.82, 2.24) is 9.97 Å². The van der Waals surface area contributed by atoms with Crippen molar-refractivity contribution in [1.29, 1.82) is 0 Å². The number of aromatic nitrogens is 2. The molecule has 2 aromatic carbocycles. The van der Waals surface area contributed by atoms with E-state index in [1.807, 2.05) is 24.3 Å². The molecule has 7 nitrogen and oxygen atoms in total. The van der Waals surface area contributed by atoms with E-state index in [9.17, 15) is 13.2 Å². The topological polar surface area (TPSA) is 98.2 Å². The predicted octanol–water partition coefficient (Wildman–Crippen LogP) is 5.51. The Labute approximate surface area is 210 Å². The molecule has 0 bridgehead atoms. The van der Waals surface area contributed by atoms with Gasteiger partial charge in [0, 0.05) is 11.8 Å². The Morgan fingerprint density at radius 1 is 1.14 bits per heavy atom. The van der Waals surface area contributed by atoms with Gasteiger partial charge < -0.3 is 10.1 Å². The highest BCUT2D eigenvalue weighted by Crippen LogP contribution is 2.38. The minimum absolute atomic E-state index is 0.0132. The number of carbonyl (C=O) groups excluding carboxylic acids is 1. The summed E-state index contributed by atoms with van der Waals surface area (Å²) in [7, 11) is -2.04. The number of rotatable bonds is 8. The molecule has 1 amide bonds. The lowest BCUT2D eigenvalue weighted by molar-refractivity contribution is -0.118. The summed E-state index contributed by atoms with van der Waals surface area (Å²) in [6.45, 7) is 0. The fourth-order valence-corrected chi connectivity index (χ4v) is 6.35. The first kappa shape index (κ1) is 25.1. The van der Waals surface area contributed by atoms with Crippen LogP contribution in [-0.4, -0.2) is 37.7 Å². The maximum Gasteiger partial charge on any atom is 0.233 e. The van der Waals surface area contributed by atoms with Gasteiger partial charge in [0.15, 0.2) is 15.7 Å². The average Bonchev–Trinajstić information content (AvgIpc) is 3.35. The summed E-state index contributed by atoms with van der Waals surface area (Å²) < 4.78 is 30.4. The van der Waals surface area contributed by atoms with Crippen molar-refractivity contribution in [2.45, 2.75) is 42.9 Å². The van der Waals surface area contributed by atoms with Crippen LogP contribution in [0.15, 0.2) is 59.8 Å². The molecule has 184 valence electrons. The number of nitrogens with one attached hydrogen (secondary N) is 1. The van der Waals surface area contributed by atoms with Gasteiger partial charge in [0.05, 0.1) is 41.0 Å². The van der Waals surface area contributed by atoms with Gasteiger partial charge >= 0.3 is 0 Å². The van der Waals surface area contributed by atoms with E-state index < -0.39 is 15.8 Å². The van der Waals surface area contributed by atoms with Gasteiger partial charge in [-0.25, -0.2) is 13.4 Å². The number of amides is 1. The third-order valence-electron chi connectivity index (χ3n) is 6.37. The minimum atomic E-state index is -3.64. The van der Waals surface area contributed by atoms with Crippen LogP contribution in [0.2, 0.25) is 5.02 Å². The van der Waals surface area contributed by atoms with E-state index in [-0.39, 0.29) is 15.8 Å². The summed E-state index contributed by atoms with van der Waals surface area (Å²) in [6, 6.07) is 12.4. The molecule has 0 spiro atoms. The van der Waals surface area contributed by atoms with Gasteiger partial charge in [-0.3, -0.25) is 9.78 Å². The summed E-state index contributed by atoms with van der Waals surface area (Å²) in [5.74, 6) is 0.341. The predicted molar refractivity (Wildman–Crippen MR) is 137 cm³/mol. The van der Waals surface area contributed by atoms with E-state index in [4.69, 9.17) is 16.3 Å². The number of halogens is 1. The molecule has 0 radical (unpaired) electrons. The van der Waals surface area contributed by atoms with Gasteiger partial charge in [0.1, 0.15) is 5.75 Å². The molecule has 35 heavy (non-hydrogen) atoms. The number of hydrogen-bond acceptors (Lipinski definition) is 6. The van der Waals surface area contributed by atoms with Crippen molar-refractivity contribution in [3.8, 4) is 17.0 Å². The second kappa shape index (κ2) is 10.7. The van der Waals surface area contributed by atoms with Crippen LogP contribution < -0.4 is 10.1 Å². The molecule has 3 aromatic rings. The van der Waals surface area contributed by atoms with Gasteiger partial charge in [0.2, 0.25) is 5.91 Å². The van der Waals surface area contributed by atoms with Crippen molar-refractivity contribution in [3.05, 3.63) is 65.4 Å². The summed E-state index contributed by atoms with van der Waals surface area (Å²) >= 11 is 6.29. The van der Waals surface area contributed by atoms with E-state index in [0.717, 1.165) is 37.5 Å². The van der Waals surface area contributed by atoms with E-state index in [1.165, 1.54) is 12.3 Å². The Bertz CT molecular complexity index is 1310. The molecule has 1 fully saturated rings. The van der Waals surface area contributed by atoms with E-state index in [1.54, 1.807) is 25.4 Å². The number of nitrogens with zero attached hydrogens (tertiary/aromatic N) is 2. The van der Waals surface area contributed by atoms with E-state index >= 15 is 0 Å². The average molecular weight is 514 g/mol. The zero-order valence-corrected chi connectivity index (χ0v) is 21.3. The highest BCUT2D eigenvalue weighted by Gasteiger charge is 2.31. The summed E-state index contributed by atoms with van der Waals surface area (Å²) in [5.41, 5.74) is 1.90. The zero-order valence-electron chi connectivity index (χ0n) is 19.7. The molecular formula is C26H28ClN3O4S. The third kappa shape index (κ3) is 6.00. The Morgan fingerprint density at radius 3 is 2.54 bits per heavy atom. The van der Waals surface area contributed by atoms with E-state index in [2.05, 4.69) is 15.3 Å². The molecular weight excluding hydrogens is 486 g/mol. The SMILES string of the molecule is COc1cccc(-c2cnc(NC(=O)[C@H](CC3CCCC3)c3cccc(Cl)c3S(C)(=O)=O)cn2)c1. The molecule has 1 atom stereocenters. The number of sulfone groups is 1. The Balaban J connectivity index is 1.62. The van der Waals surface area contributed by atoms with Crippen LogP contribution in [0.4, 0.5) is 5.82 Å². The summed E-state index contributed by atoms with van der Waals surface area (Å²) in [5, 5.41) is 2.96. The number of anilines is 1. The van der Waals surface area contributed by atoms with E-state index in [0.29, 0.717) is 35.2 Å². The number of benzene rings is 2. The molecule has 1 saturated carbocycles. The number of methoxy groups -OCH3 is 1. The number of ether oxygens (including phenoxy) is 1. The molecule has 0 unspecified atom stereocenters. The van der Waals surface area contributed by atoms with Crippen LogP contribution in [-0.2, 0) is 14.6 Å². The Hall–Kier alpha value is -2.97. The largest absolute Gasteiger partial charge is 0.497 e. The molecule has 0 saturated heterocycles. The smallest absolute Gasteiger partial charge is 0.233 e. The first-order chi connectivity index (χ1) is 16.8. The molecule has 1 aromatic heterocycles. The lowest BCUT2D eigenvalue weighted by Gasteiger charge is -2.23. The lowest BCUT2D eigenvalue weighted by Crippen LogP contribution is -2.25. The van der Waals surface area contributed by atoms with Crippen LogP contribution >= 0.6 is 11.6 Å². The molecule has 1 aliphatic rings. The van der Waals surface area contributed by atoms with Crippen LogP contribution in [0.1, 0.15) is 43.6 Å². The van der Waals surface area contributed by atoms with Crippen molar-refractivity contribution in [3.63, 3.8) is 0 Å². The second-order valence-corrected chi connectivity index (χ2v) is 11.2. The maximum absolute atomic E-state index is 13.5. The molecule has 1 heterocycles. The minimum Gasteiger partial charge on any atom is -0.497 e. The molecule has 0 aliphatic heterocycles.